The number of aromatic nitrogens is 1. The summed E-state index contributed by atoms with van der Waals surface area (Å²) in [5, 5.41) is 2.97. The van der Waals surface area contributed by atoms with Gasteiger partial charge in [0, 0.05) is 11.3 Å². The van der Waals surface area contributed by atoms with Crippen LogP contribution in [0.25, 0.3) is 0 Å². The predicted octanol–water partition coefficient (Wildman–Crippen LogP) is 4.92. The summed E-state index contributed by atoms with van der Waals surface area (Å²) in [5.74, 6) is -1.51. The van der Waals surface area contributed by atoms with E-state index in [9.17, 15) is 13.6 Å². The van der Waals surface area contributed by atoms with E-state index >= 15 is 0 Å². The van der Waals surface area contributed by atoms with Gasteiger partial charge in [-0.1, -0.05) is 36.4 Å². The van der Waals surface area contributed by atoms with Gasteiger partial charge in [0.2, 0.25) is 0 Å². The van der Waals surface area contributed by atoms with Gasteiger partial charge in [0.15, 0.2) is 0 Å². The van der Waals surface area contributed by atoms with Gasteiger partial charge >= 0.3 is 0 Å². The molecule has 3 nitrogen and oxygen atoms in total. The highest BCUT2D eigenvalue weighted by Gasteiger charge is 2.21. The molecule has 0 aliphatic carbocycles. The molecule has 3 rings (SSSR count). The molecule has 0 saturated carbocycles. The van der Waals surface area contributed by atoms with Crippen LogP contribution in [-0.2, 0) is 6.54 Å². The molecule has 0 bridgehead atoms. The Morgan fingerprint density at radius 1 is 1.04 bits per heavy atom. The number of aryl methyl sites for hydroxylation is 2. The molecule has 3 aromatic rings. The van der Waals surface area contributed by atoms with E-state index in [1.165, 1.54) is 18.2 Å². The number of nitrogens with zero attached hydrogens (tertiary/aromatic N) is 1. The number of hydrogen-bond donors (Lipinski definition) is 1. The second-order valence-electron chi connectivity index (χ2n) is 6.71. The summed E-state index contributed by atoms with van der Waals surface area (Å²) in [4.78, 5) is 12.9. The van der Waals surface area contributed by atoms with Gasteiger partial charge in [-0.15, -0.1) is 0 Å². The molecule has 140 valence electrons. The van der Waals surface area contributed by atoms with E-state index in [2.05, 4.69) is 5.32 Å². The normalized spacial score (nSPS) is 12.0. The second kappa shape index (κ2) is 7.74. The van der Waals surface area contributed by atoms with Gasteiger partial charge in [0.05, 0.1) is 12.6 Å². The van der Waals surface area contributed by atoms with Crippen molar-refractivity contribution in [1.82, 2.24) is 9.88 Å². The lowest BCUT2D eigenvalue weighted by Gasteiger charge is -2.17. The van der Waals surface area contributed by atoms with Crippen molar-refractivity contribution in [3.63, 3.8) is 0 Å². The zero-order chi connectivity index (χ0) is 19.6. The Hall–Kier alpha value is -2.95. The Labute approximate surface area is 157 Å². The first kappa shape index (κ1) is 18.8. The minimum atomic E-state index is -0.621. The van der Waals surface area contributed by atoms with Crippen molar-refractivity contribution in [2.24, 2.45) is 0 Å². The highest BCUT2D eigenvalue weighted by molar-refractivity contribution is 5.94. The average molecular weight is 368 g/mol. The predicted molar refractivity (Wildman–Crippen MR) is 102 cm³/mol. The van der Waals surface area contributed by atoms with E-state index in [0.717, 1.165) is 16.8 Å². The zero-order valence-electron chi connectivity index (χ0n) is 15.6. The number of rotatable bonds is 5. The third kappa shape index (κ3) is 3.92. The van der Waals surface area contributed by atoms with Crippen molar-refractivity contribution < 1.29 is 13.6 Å². The van der Waals surface area contributed by atoms with Gasteiger partial charge < -0.3 is 9.88 Å². The summed E-state index contributed by atoms with van der Waals surface area (Å²) < 4.78 is 29.8. The summed E-state index contributed by atoms with van der Waals surface area (Å²) >= 11 is 0. The SMILES string of the molecule is Cc1cc(C)n(Cc2c(F)cccc2F)c1C(=O)N[C@@H](C)c1ccccc1. The molecule has 0 unspecified atom stereocenters. The first-order valence-electron chi connectivity index (χ1n) is 8.84. The van der Waals surface area contributed by atoms with Crippen LogP contribution in [0.1, 0.15) is 45.8 Å². The lowest BCUT2D eigenvalue weighted by molar-refractivity contribution is 0.0930. The van der Waals surface area contributed by atoms with Crippen LogP contribution in [0.2, 0.25) is 0 Å². The van der Waals surface area contributed by atoms with Gasteiger partial charge in [-0.25, -0.2) is 8.78 Å². The molecule has 1 atom stereocenters. The highest BCUT2D eigenvalue weighted by Crippen LogP contribution is 2.21. The zero-order valence-corrected chi connectivity index (χ0v) is 15.6. The Balaban J connectivity index is 1.91. The fraction of sp³-hybridized carbons (Fsp3) is 0.227. The van der Waals surface area contributed by atoms with E-state index in [1.807, 2.05) is 57.2 Å². The molecule has 1 heterocycles. The molecular weight excluding hydrogens is 346 g/mol. The highest BCUT2D eigenvalue weighted by atomic mass is 19.1. The van der Waals surface area contributed by atoms with Gasteiger partial charge in [0.1, 0.15) is 17.3 Å². The number of amides is 1. The minimum absolute atomic E-state index is 0.0410. The van der Waals surface area contributed by atoms with Gasteiger partial charge in [0.25, 0.3) is 5.91 Å². The number of nitrogens with one attached hydrogen (secondary N) is 1. The molecule has 0 saturated heterocycles. The van der Waals surface area contributed by atoms with Crippen LogP contribution in [0.5, 0.6) is 0 Å². The molecule has 0 aliphatic rings. The molecule has 0 fully saturated rings. The lowest BCUT2D eigenvalue weighted by atomic mass is 10.1. The standard InChI is InChI=1S/C22H22F2N2O/c1-14-12-15(2)26(13-18-19(23)10-7-11-20(18)24)21(14)22(27)25-16(3)17-8-5-4-6-9-17/h4-12,16H,13H2,1-3H3,(H,25,27)/t16-/m0/s1. The van der Waals surface area contributed by atoms with E-state index < -0.39 is 11.6 Å². The maximum Gasteiger partial charge on any atom is 0.268 e. The van der Waals surface area contributed by atoms with Gasteiger partial charge in [-0.05, 0) is 50.1 Å². The molecule has 1 N–H and O–H groups in total. The Kier molecular flexibility index (Phi) is 5.40. The smallest absolute Gasteiger partial charge is 0.268 e. The minimum Gasteiger partial charge on any atom is -0.344 e. The summed E-state index contributed by atoms with van der Waals surface area (Å²) in [6.45, 7) is 5.51. The number of carbonyl (C=O) groups excluding carboxylic acids is 1. The van der Waals surface area contributed by atoms with Crippen LogP contribution in [0.3, 0.4) is 0 Å². The van der Waals surface area contributed by atoms with E-state index in [-0.39, 0.29) is 24.1 Å². The quantitative estimate of drug-likeness (QED) is 0.681. The molecular formula is C22H22F2N2O. The fourth-order valence-electron chi connectivity index (χ4n) is 3.29. The third-order valence-corrected chi connectivity index (χ3v) is 4.73. The number of carbonyl (C=O) groups is 1. The molecule has 5 heteroatoms. The van der Waals surface area contributed by atoms with Crippen molar-refractivity contribution in [1.29, 1.82) is 0 Å². The summed E-state index contributed by atoms with van der Waals surface area (Å²) in [6.07, 6.45) is 0. The number of benzene rings is 2. The molecule has 0 spiro atoms. The average Bonchev–Trinajstić information content (AvgIpc) is 2.92. The van der Waals surface area contributed by atoms with Crippen LogP contribution in [0.15, 0.2) is 54.6 Å². The topological polar surface area (TPSA) is 34.0 Å². The Morgan fingerprint density at radius 3 is 2.30 bits per heavy atom. The van der Waals surface area contributed by atoms with Crippen LogP contribution in [0, 0.1) is 25.5 Å². The van der Waals surface area contributed by atoms with Crippen LogP contribution >= 0.6 is 0 Å². The van der Waals surface area contributed by atoms with Crippen molar-refractivity contribution in [2.45, 2.75) is 33.4 Å². The van der Waals surface area contributed by atoms with Crippen molar-refractivity contribution in [3.8, 4) is 0 Å². The summed E-state index contributed by atoms with van der Waals surface area (Å²) in [5.41, 5.74) is 2.88. The maximum atomic E-state index is 14.1. The molecule has 1 aromatic heterocycles. The first-order valence-corrected chi connectivity index (χ1v) is 8.84. The fourth-order valence-corrected chi connectivity index (χ4v) is 3.29. The van der Waals surface area contributed by atoms with Crippen molar-refractivity contribution in [3.05, 3.63) is 94.3 Å². The molecule has 1 amide bonds. The Morgan fingerprint density at radius 2 is 1.67 bits per heavy atom. The third-order valence-electron chi connectivity index (χ3n) is 4.73. The van der Waals surface area contributed by atoms with Gasteiger partial charge in [-0.2, -0.15) is 0 Å². The first-order chi connectivity index (χ1) is 12.9. The summed E-state index contributed by atoms with van der Waals surface area (Å²) in [6, 6.07) is 15.1. The van der Waals surface area contributed by atoms with Crippen molar-refractivity contribution in [2.75, 3.05) is 0 Å². The number of halogens is 2. The molecule has 2 aromatic carbocycles. The number of hydrogen-bond acceptors (Lipinski definition) is 1. The Bertz CT molecular complexity index is 944. The molecule has 0 aliphatic heterocycles. The van der Waals surface area contributed by atoms with Crippen LogP contribution < -0.4 is 5.32 Å². The van der Waals surface area contributed by atoms with Crippen LogP contribution in [0.4, 0.5) is 8.78 Å². The lowest BCUT2D eigenvalue weighted by Crippen LogP contribution is -2.29. The van der Waals surface area contributed by atoms with E-state index in [1.54, 1.807) is 4.57 Å². The van der Waals surface area contributed by atoms with Gasteiger partial charge in [-0.3, -0.25) is 4.79 Å². The monoisotopic (exact) mass is 368 g/mol. The van der Waals surface area contributed by atoms with E-state index in [0.29, 0.717) is 5.69 Å². The summed E-state index contributed by atoms with van der Waals surface area (Å²) in [7, 11) is 0. The van der Waals surface area contributed by atoms with Crippen LogP contribution in [-0.4, -0.2) is 10.5 Å². The van der Waals surface area contributed by atoms with E-state index in [4.69, 9.17) is 0 Å². The largest absolute Gasteiger partial charge is 0.344 e. The molecule has 0 radical (unpaired) electrons. The van der Waals surface area contributed by atoms with Crippen molar-refractivity contribution >= 4 is 5.91 Å². The maximum absolute atomic E-state index is 14.1. The second-order valence-corrected chi connectivity index (χ2v) is 6.71. The molecule has 27 heavy (non-hydrogen) atoms.